The van der Waals surface area contributed by atoms with Crippen LogP contribution in [0.15, 0.2) is 18.2 Å². The van der Waals surface area contributed by atoms with E-state index in [0.29, 0.717) is 5.54 Å². The zero-order valence-corrected chi connectivity index (χ0v) is 11.3. The lowest BCUT2D eigenvalue weighted by molar-refractivity contribution is 0.239. The van der Waals surface area contributed by atoms with Crippen LogP contribution in [0.2, 0.25) is 0 Å². The normalized spacial score (nSPS) is 23.3. The van der Waals surface area contributed by atoms with Crippen molar-refractivity contribution in [1.82, 2.24) is 10.3 Å². The van der Waals surface area contributed by atoms with Gasteiger partial charge in [0.25, 0.3) is 0 Å². The monoisotopic (exact) mass is 245 g/mol. The number of aromatic nitrogens is 1. The fourth-order valence-electron chi connectivity index (χ4n) is 3.54. The first-order chi connectivity index (χ1) is 8.80. The van der Waals surface area contributed by atoms with E-state index in [1.165, 1.54) is 37.9 Å². The van der Waals surface area contributed by atoms with E-state index in [4.69, 9.17) is 4.98 Å². The maximum Gasteiger partial charge on any atom is 0.129 e. The van der Waals surface area contributed by atoms with Crippen molar-refractivity contribution in [1.29, 1.82) is 0 Å². The van der Waals surface area contributed by atoms with Crippen molar-refractivity contribution in [2.24, 2.45) is 0 Å². The van der Waals surface area contributed by atoms with Gasteiger partial charge in [-0.05, 0) is 31.9 Å². The van der Waals surface area contributed by atoms with Gasteiger partial charge in [-0.3, -0.25) is 0 Å². The molecule has 1 saturated heterocycles. The van der Waals surface area contributed by atoms with Crippen molar-refractivity contribution in [3.8, 4) is 0 Å². The second-order valence-electron chi connectivity index (χ2n) is 5.75. The Kier molecular flexibility index (Phi) is 3.25. The van der Waals surface area contributed by atoms with E-state index in [-0.39, 0.29) is 0 Å². The van der Waals surface area contributed by atoms with E-state index < -0.39 is 0 Å². The van der Waals surface area contributed by atoms with Gasteiger partial charge < -0.3 is 10.2 Å². The van der Waals surface area contributed by atoms with Gasteiger partial charge >= 0.3 is 0 Å². The predicted molar refractivity (Wildman–Crippen MR) is 75.0 cm³/mol. The molecule has 0 atom stereocenters. The zero-order chi connectivity index (χ0) is 12.4. The number of piperazine rings is 1. The van der Waals surface area contributed by atoms with Crippen LogP contribution in [0.4, 0.5) is 5.82 Å². The van der Waals surface area contributed by atoms with E-state index in [2.05, 4.69) is 35.3 Å². The lowest BCUT2D eigenvalue weighted by Crippen LogP contribution is -2.62. The van der Waals surface area contributed by atoms with Crippen LogP contribution in [0, 0.1) is 6.92 Å². The molecule has 1 aromatic rings. The number of nitrogens with zero attached hydrogens (tertiary/aromatic N) is 2. The minimum Gasteiger partial charge on any atom is -0.348 e. The summed E-state index contributed by atoms with van der Waals surface area (Å²) in [5.41, 5.74) is 1.45. The molecule has 0 aromatic carbocycles. The molecule has 0 radical (unpaired) electrons. The van der Waals surface area contributed by atoms with Gasteiger partial charge in [0.05, 0.1) is 5.54 Å². The standard InChI is InChI=1S/C15H23N3/c1-13-6-5-7-14(17-13)18-11-10-16-12-15(18)8-3-2-4-9-15/h5-7,16H,2-4,8-12H2,1H3. The minimum absolute atomic E-state index is 0.331. The molecule has 0 bridgehead atoms. The van der Waals surface area contributed by atoms with Crippen molar-refractivity contribution in [3.05, 3.63) is 23.9 Å². The van der Waals surface area contributed by atoms with Crippen LogP contribution < -0.4 is 10.2 Å². The third-order valence-electron chi connectivity index (χ3n) is 4.47. The van der Waals surface area contributed by atoms with Gasteiger partial charge in [-0.2, -0.15) is 0 Å². The third-order valence-corrected chi connectivity index (χ3v) is 4.47. The van der Waals surface area contributed by atoms with Crippen molar-refractivity contribution in [2.75, 3.05) is 24.5 Å². The first-order valence-corrected chi connectivity index (χ1v) is 7.22. The molecule has 1 N–H and O–H groups in total. The third kappa shape index (κ3) is 2.12. The van der Waals surface area contributed by atoms with Crippen molar-refractivity contribution < 1.29 is 0 Å². The molecule has 0 unspecified atom stereocenters. The van der Waals surface area contributed by atoms with E-state index in [9.17, 15) is 0 Å². The Labute approximate surface area is 110 Å². The van der Waals surface area contributed by atoms with Crippen LogP contribution in [0.3, 0.4) is 0 Å². The maximum absolute atomic E-state index is 4.74. The van der Waals surface area contributed by atoms with Crippen molar-refractivity contribution >= 4 is 5.82 Å². The number of nitrogens with one attached hydrogen (secondary N) is 1. The zero-order valence-electron chi connectivity index (χ0n) is 11.3. The number of hydrogen-bond donors (Lipinski definition) is 1. The summed E-state index contributed by atoms with van der Waals surface area (Å²) in [5.74, 6) is 1.18. The molecule has 1 aliphatic carbocycles. The van der Waals surface area contributed by atoms with Gasteiger partial charge in [0, 0.05) is 25.3 Å². The summed E-state index contributed by atoms with van der Waals surface area (Å²) in [6.07, 6.45) is 6.76. The average molecular weight is 245 g/mol. The molecule has 3 nitrogen and oxygen atoms in total. The molecule has 18 heavy (non-hydrogen) atoms. The Balaban J connectivity index is 1.91. The minimum atomic E-state index is 0.331. The molecule has 2 aliphatic rings. The SMILES string of the molecule is Cc1cccc(N2CCNCC23CCCCC3)n1. The van der Waals surface area contributed by atoms with Gasteiger partial charge in [0.15, 0.2) is 0 Å². The molecule has 3 heteroatoms. The summed E-state index contributed by atoms with van der Waals surface area (Å²) in [4.78, 5) is 7.32. The Bertz CT molecular complexity index is 402. The number of aryl methyl sites for hydroxylation is 1. The number of hydrogen-bond acceptors (Lipinski definition) is 3. The van der Waals surface area contributed by atoms with E-state index >= 15 is 0 Å². The summed E-state index contributed by atoms with van der Waals surface area (Å²) in [5, 5.41) is 3.59. The second-order valence-corrected chi connectivity index (χ2v) is 5.75. The van der Waals surface area contributed by atoms with Crippen LogP contribution in [-0.2, 0) is 0 Å². The van der Waals surface area contributed by atoms with Gasteiger partial charge in [-0.15, -0.1) is 0 Å². The molecule has 2 heterocycles. The first-order valence-electron chi connectivity index (χ1n) is 7.22. The second kappa shape index (κ2) is 4.88. The Hall–Kier alpha value is -1.09. The Morgan fingerprint density at radius 3 is 2.83 bits per heavy atom. The quantitative estimate of drug-likeness (QED) is 0.824. The smallest absolute Gasteiger partial charge is 0.129 e. The molecule has 98 valence electrons. The highest BCUT2D eigenvalue weighted by atomic mass is 15.3. The van der Waals surface area contributed by atoms with Crippen LogP contribution in [-0.4, -0.2) is 30.2 Å². The fourth-order valence-corrected chi connectivity index (χ4v) is 3.54. The number of pyridine rings is 1. The molecule has 2 fully saturated rings. The largest absolute Gasteiger partial charge is 0.348 e. The van der Waals surface area contributed by atoms with E-state index in [0.717, 1.165) is 25.3 Å². The average Bonchev–Trinajstić information content (AvgIpc) is 2.40. The van der Waals surface area contributed by atoms with Crippen LogP contribution in [0.5, 0.6) is 0 Å². The van der Waals surface area contributed by atoms with Gasteiger partial charge in [-0.25, -0.2) is 4.98 Å². The van der Waals surface area contributed by atoms with E-state index in [1.54, 1.807) is 0 Å². The molecule has 1 spiro atoms. The van der Waals surface area contributed by atoms with Crippen LogP contribution in [0.1, 0.15) is 37.8 Å². The van der Waals surface area contributed by atoms with Crippen molar-refractivity contribution in [3.63, 3.8) is 0 Å². The molecular weight excluding hydrogens is 222 g/mol. The molecule has 3 rings (SSSR count). The predicted octanol–water partition coefficient (Wildman–Crippen LogP) is 2.50. The molecule has 1 aromatic heterocycles. The summed E-state index contributed by atoms with van der Waals surface area (Å²) < 4.78 is 0. The number of rotatable bonds is 1. The Morgan fingerprint density at radius 2 is 2.06 bits per heavy atom. The number of anilines is 1. The maximum atomic E-state index is 4.74. The Morgan fingerprint density at radius 1 is 1.22 bits per heavy atom. The van der Waals surface area contributed by atoms with Crippen LogP contribution >= 0.6 is 0 Å². The first kappa shape index (κ1) is 12.0. The van der Waals surface area contributed by atoms with Crippen LogP contribution in [0.25, 0.3) is 0 Å². The summed E-state index contributed by atoms with van der Waals surface area (Å²) in [6.45, 7) is 5.38. The van der Waals surface area contributed by atoms with Gasteiger partial charge in [0.1, 0.15) is 5.82 Å². The van der Waals surface area contributed by atoms with Crippen molar-refractivity contribution in [2.45, 2.75) is 44.6 Å². The molecule has 1 aliphatic heterocycles. The summed E-state index contributed by atoms with van der Waals surface area (Å²) >= 11 is 0. The highest BCUT2D eigenvalue weighted by Crippen LogP contribution is 2.36. The lowest BCUT2D eigenvalue weighted by atomic mass is 9.79. The highest BCUT2D eigenvalue weighted by Gasteiger charge is 2.40. The summed E-state index contributed by atoms with van der Waals surface area (Å²) in [6, 6.07) is 6.39. The topological polar surface area (TPSA) is 28.2 Å². The van der Waals surface area contributed by atoms with E-state index in [1.807, 2.05) is 0 Å². The molecular formula is C15H23N3. The van der Waals surface area contributed by atoms with Gasteiger partial charge in [0.2, 0.25) is 0 Å². The summed E-state index contributed by atoms with van der Waals surface area (Å²) in [7, 11) is 0. The molecule has 1 saturated carbocycles. The molecule has 0 amide bonds. The lowest BCUT2D eigenvalue weighted by Gasteiger charge is -2.50. The van der Waals surface area contributed by atoms with Gasteiger partial charge in [-0.1, -0.05) is 25.3 Å². The fraction of sp³-hybridized carbons (Fsp3) is 0.667. The highest BCUT2D eigenvalue weighted by molar-refractivity contribution is 5.44.